The zero-order valence-electron chi connectivity index (χ0n) is 18.5. The molecule has 0 aliphatic carbocycles. The van der Waals surface area contributed by atoms with E-state index in [1.165, 1.54) is 18.2 Å². The summed E-state index contributed by atoms with van der Waals surface area (Å²) >= 11 is 6.41. The van der Waals surface area contributed by atoms with E-state index in [-0.39, 0.29) is 4.90 Å². The zero-order valence-corrected chi connectivity index (χ0v) is 20.1. The number of para-hydroxylation sites is 2. The second-order valence-electron chi connectivity index (χ2n) is 7.98. The van der Waals surface area contributed by atoms with E-state index < -0.39 is 15.7 Å². The van der Waals surface area contributed by atoms with Crippen LogP contribution < -0.4 is 5.32 Å². The fourth-order valence-corrected chi connectivity index (χ4v) is 4.61. The number of nitrogens with one attached hydrogen (secondary N) is 1. The first-order valence-electron chi connectivity index (χ1n) is 10.7. The minimum Gasteiger partial charge on any atom is -0.436 e. The van der Waals surface area contributed by atoms with E-state index in [0.29, 0.717) is 44.4 Å². The summed E-state index contributed by atoms with van der Waals surface area (Å²) in [5.41, 5.74) is 3.93. The number of carbonyl (C=O) groups excluding carboxylic acids is 1. The number of sulfone groups is 1. The van der Waals surface area contributed by atoms with Gasteiger partial charge in [0.1, 0.15) is 5.52 Å². The van der Waals surface area contributed by atoms with Crippen LogP contribution in [-0.4, -0.2) is 25.6 Å². The van der Waals surface area contributed by atoms with Crippen molar-refractivity contribution in [2.45, 2.75) is 4.90 Å². The Morgan fingerprint density at radius 3 is 2.37 bits per heavy atom. The van der Waals surface area contributed by atoms with Gasteiger partial charge in [0, 0.05) is 17.5 Å². The van der Waals surface area contributed by atoms with E-state index in [4.69, 9.17) is 16.0 Å². The lowest BCUT2D eigenvalue weighted by molar-refractivity contribution is 0.102. The number of aromatic nitrogens is 1. The largest absolute Gasteiger partial charge is 0.436 e. The van der Waals surface area contributed by atoms with Gasteiger partial charge in [-0.25, -0.2) is 13.4 Å². The molecule has 1 amide bonds. The number of benzene rings is 4. The average molecular weight is 503 g/mol. The summed E-state index contributed by atoms with van der Waals surface area (Å²) in [6, 6.07) is 26.0. The third-order valence-electron chi connectivity index (χ3n) is 5.50. The molecule has 174 valence electrons. The molecular formula is C27H19ClN2O4S. The van der Waals surface area contributed by atoms with Crippen LogP contribution in [0.3, 0.4) is 0 Å². The van der Waals surface area contributed by atoms with Gasteiger partial charge in [-0.1, -0.05) is 54.1 Å². The molecule has 1 aromatic heterocycles. The van der Waals surface area contributed by atoms with E-state index in [1.807, 2.05) is 54.6 Å². The lowest BCUT2D eigenvalue weighted by atomic mass is 9.99. The molecule has 6 nitrogen and oxygen atoms in total. The van der Waals surface area contributed by atoms with Crippen molar-refractivity contribution in [1.29, 1.82) is 0 Å². The Hall–Kier alpha value is -3.94. The summed E-state index contributed by atoms with van der Waals surface area (Å²) < 4.78 is 30.1. The van der Waals surface area contributed by atoms with Gasteiger partial charge >= 0.3 is 0 Å². The SMILES string of the molecule is CS(=O)(=O)c1ccc(C(=O)Nc2ccc(Cl)c(-c3nc4ccccc4o3)c2)c(-c2ccccc2)c1. The number of halogens is 1. The smallest absolute Gasteiger partial charge is 0.256 e. The predicted octanol–water partition coefficient (Wildman–Crippen LogP) is 6.47. The molecule has 5 rings (SSSR count). The minimum atomic E-state index is -3.45. The number of anilines is 1. The molecule has 0 fully saturated rings. The molecule has 1 heterocycles. The Balaban J connectivity index is 1.52. The summed E-state index contributed by atoms with van der Waals surface area (Å²) in [4.78, 5) is 17.9. The Kier molecular flexibility index (Phi) is 5.88. The standard InChI is InChI=1S/C27H19ClN2O4S/c1-35(32,33)19-12-13-20(21(16-19)17-7-3-2-4-8-17)26(31)29-18-11-14-23(28)22(15-18)27-30-24-9-5-6-10-25(24)34-27/h2-16H,1H3,(H,29,31). The van der Waals surface area contributed by atoms with Crippen molar-refractivity contribution < 1.29 is 17.6 Å². The molecule has 35 heavy (non-hydrogen) atoms. The molecule has 5 aromatic rings. The van der Waals surface area contributed by atoms with Crippen LogP contribution in [0.1, 0.15) is 10.4 Å². The quantitative estimate of drug-likeness (QED) is 0.297. The van der Waals surface area contributed by atoms with Crippen molar-refractivity contribution >= 4 is 44.1 Å². The number of fused-ring (bicyclic) bond motifs is 1. The van der Waals surface area contributed by atoms with Crippen molar-refractivity contribution in [3.63, 3.8) is 0 Å². The van der Waals surface area contributed by atoms with Gasteiger partial charge < -0.3 is 9.73 Å². The monoisotopic (exact) mass is 502 g/mol. The van der Waals surface area contributed by atoms with Crippen LogP contribution in [0, 0.1) is 0 Å². The summed E-state index contributed by atoms with van der Waals surface area (Å²) in [7, 11) is -3.45. The van der Waals surface area contributed by atoms with Gasteiger partial charge in [0.05, 0.1) is 15.5 Å². The van der Waals surface area contributed by atoms with Crippen LogP contribution in [0.15, 0.2) is 100 Å². The topological polar surface area (TPSA) is 89.3 Å². The molecule has 0 spiro atoms. The van der Waals surface area contributed by atoms with Crippen molar-refractivity contribution in [3.8, 4) is 22.6 Å². The Morgan fingerprint density at radius 1 is 0.886 bits per heavy atom. The van der Waals surface area contributed by atoms with E-state index in [0.717, 1.165) is 11.8 Å². The van der Waals surface area contributed by atoms with E-state index in [9.17, 15) is 13.2 Å². The first-order valence-corrected chi connectivity index (χ1v) is 12.9. The molecule has 0 bridgehead atoms. The number of rotatable bonds is 5. The van der Waals surface area contributed by atoms with Gasteiger partial charge in [0.25, 0.3) is 5.91 Å². The molecule has 4 aromatic carbocycles. The van der Waals surface area contributed by atoms with Crippen LogP contribution >= 0.6 is 11.6 Å². The Bertz CT molecular complexity index is 1650. The second kappa shape index (κ2) is 9.02. The highest BCUT2D eigenvalue weighted by molar-refractivity contribution is 7.90. The highest BCUT2D eigenvalue weighted by Gasteiger charge is 2.18. The summed E-state index contributed by atoms with van der Waals surface area (Å²) in [5, 5.41) is 3.31. The minimum absolute atomic E-state index is 0.137. The van der Waals surface area contributed by atoms with Crippen LogP contribution in [0.25, 0.3) is 33.7 Å². The molecular weight excluding hydrogens is 484 g/mol. The second-order valence-corrected chi connectivity index (χ2v) is 10.4. The van der Waals surface area contributed by atoms with Gasteiger partial charge in [-0.2, -0.15) is 0 Å². The molecule has 0 atom stereocenters. The molecule has 0 aliphatic rings. The first-order chi connectivity index (χ1) is 16.8. The lowest BCUT2D eigenvalue weighted by Crippen LogP contribution is -2.14. The molecule has 1 N–H and O–H groups in total. The average Bonchev–Trinajstić information content (AvgIpc) is 3.29. The number of amides is 1. The molecule has 0 radical (unpaired) electrons. The Labute approximate surface area is 207 Å². The van der Waals surface area contributed by atoms with Crippen molar-refractivity contribution in [3.05, 3.63) is 102 Å². The van der Waals surface area contributed by atoms with E-state index >= 15 is 0 Å². The third-order valence-corrected chi connectivity index (χ3v) is 6.94. The van der Waals surface area contributed by atoms with Crippen molar-refractivity contribution in [2.75, 3.05) is 11.6 Å². The zero-order chi connectivity index (χ0) is 24.6. The third kappa shape index (κ3) is 4.69. The highest BCUT2D eigenvalue weighted by atomic mass is 35.5. The maximum Gasteiger partial charge on any atom is 0.256 e. The van der Waals surface area contributed by atoms with Crippen LogP contribution in [0.4, 0.5) is 5.69 Å². The highest BCUT2D eigenvalue weighted by Crippen LogP contribution is 2.33. The molecule has 0 saturated carbocycles. The molecule has 0 unspecified atom stereocenters. The number of oxazole rings is 1. The van der Waals surface area contributed by atoms with Gasteiger partial charge in [-0.05, 0) is 59.7 Å². The van der Waals surface area contributed by atoms with Gasteiger partial charge in [0.2, 0.25) is 5.89 Å². The number of hydrogen-bond donors (Lipinski definition) is 1. The van der Waals surface area contributed by atoms with Crippen molar-refractivity contribution in [1.82, 2.24) is 4.98 Å². The van der Waals surface area contributed by atoms with Gasteiger partial charge in [0.15, 0.2) is 15.4 Å². The van der Waals surface area contributed by atoms with Crippen LogP contribution in [0.2, 0.25) is 5.02 Å². The normalized spacial score (nSPS) is 11.5. The van der Waals surface area contributed by atoms with Crippen LogP contribution in [0.5, 0.6) is 0 Å². The fourth-order valence-electron chi connectivity index (χ4n) is 3.76. The van der Waals surface area contributed by atoms with Crippen molar-refractivity contribution in [2.24, 2.45) is 0 Å². The number of hydrogen-bond acceptors (Lipinski definition) is 5. The van der Waals surface area contributed by atoms with Gasteiger partial charge in [-0.15, -0.1) is 0 Å². The maximum absolute atomic E-state index is 13.3. The summed E-state index contributed by atoms with van der Waals surface area (Å²) in [6.45, 7) is 0. The van der Waals surface area contributed by atoms with E-state index in [2.05, 4.69) is 10.3 Å². The lowest BCUT2D eigenvalue weighted by Gasteiger charge is -2.13. The van der Waals surface area contributed by atoms with E-state index in [1.54, 1.807) is 18.2 Å². The van der Waals surface area contributed by atoms with Crippen LogP contribution in [-0.2, 0) is 9.84 Å². The predicted molar refractivity (Wildman–Crippen MR) is 137 cm³/mol. The summed E-state index contributed by atoms with van der Waals surface area (Å²) in [5.74, 6) is -0.0514. The molecule has 0 aliphatic heterocycles. The number of nitrogens with zero attached hydrogens (tertiary/aromatic N) is 1. The fraction of sp³-hybridized carbons (Fsp3) is 0.0370. The molecule has 8 heteroatoms. The first kappa shape index (κ1) is 22.8. The molecule has 0 saturated heterocycles. The number of carbonyl (C=O) groups is 1. The maximum atomic E-state index is 13.3. The van der Waals surface area contributed by atoms with Gasteiger partial charge in [-0.3, -0.25) is 4.79 Å². The summed E-state index contributed by atoms with van der Waals surface area (Å²) in [6.07, 6.45) is 1.14. The Morgan fingerprint density at radius 2 is 1.63 bits per heavy atom.